The van der Waals surface area contributed by atoms with Gasteiger partial charge in [0.1, 0.15) is 6.61 Å². The molecule has 1 saturated carbocycles. The highest BCUT2D eigenvalue weighted by Gasteiger charge is 2.26. The van der Waals surface area contributed by atoms with Gasteiger partial charge < -0.3 is 15.4 Å². The number of ether oxygens (including phenoxy) is 1. The molecule has 18 heavy (non-hydrogen) atoms. The fraction of sp³-hybridized carbons (Fsp3) is 0.929. The van der Waals surface area contributed by atoms with E-state index in [9.17, 15) is 4.79 Å². The summed E-state index contributed by atoms with van der Waals surface area (Å²) in [5, 5.41) is 0. The Morgan fingerprint density at radius 3 is 2.56 bits per heavy atom. The first-order valence-electron chi connectivity index (χ1n) is 7.40. The van der Waals surface area contributed by atoms with Crippen LogP contribution in [0.2, 0.25) is 0 Å². The van der Waals surface area contributed by atoms with Crippen LogP contribution in [-0.2, 0) is 9.53 Å². The predicted octanol–water partition coefficient (Wildman–Crippen LogP) is 1.53. The number of hydrogen-bond donors (Lipinski definition) is 1. The smallest absolute Gasteiger partial charge is 0.248 e. The normalized spacial score (nSPS) is 29.3. The van der Waals surface area contributed by atoms with Gasteiger partial charge in [-0.1, -0.05) is 12.8 Å². The van der Waals surface area contributed by atoms with Gasteiger partial charge in [0.2, 0.25) is 5.91 Å². The zero-order valence-electron chi connectivity index (χ0n) is 11.3. The van der Waals surface area contributed by atoms with Crippen molar-refractivity contribution in [3.63, 3.8) is 0 Å². The molecule has 1 aliphatic carbocycles. The molecule has 0 aromatic rings. The minimum atomic E-state index is 0.163. The van der Waals surface area contributed by atoms with E-state index in [2.05, 4.69) is 0 Å². The summed E-state index contributed by atoms with van der Waals surface area (Å²) in [6.45, 7) is 2.75. The lowest BCUT2D eigenvalue weighted by atomic mass is 9.86. The second-order valence-electron chi connectivity index (χ2n) is 5.57. The first-order valence-corrected chi connectivity index (χ1v) is 7.40. The molecule has 4 nitrogen and oxygen atoms in total. The average Bonchev–Trinajstić information content (AvgIpc) is 2.46. The molecule has 1 saturated heterocycles. The van der Waals surface area contributed by atoms with E-state index in [-0.39, 0.29) is 18.6 Å². The highest BCUT2D eigenvalue weighted by Crippen LogP contribution is 2.26. The molecule has 2 fully saturated rings. The van der Waals surface area contributed by atoms with E-state index in [1.807, 2.05) is 4.90 Å². The Morgan fingerprint density at radius 1 is 1.11 bits per heavy atom. The molecule has 0 bridgehead atoms. The molecule has 104 valence electrons. The summed E-state index contributed by atoms with van der Waals surface area (Å²) in [5.41, 5.74) is 5.77. The molecule has 1 aliphatic heterocycles. The van der Waals surface area contributed by atoms with Crippen molar-refractivity contribution in [3.05, 3.63) is 0 Å². The molecule has 0 spiro atoms. The van der Waals surface area contributed by atoms with Crippen molar-refractivity contribution in [2.75, 3.05) is 26.2 Å². The van der Waals surface area contributed by atoms with Crippen molar-refractivity contribution in [1.29, 1.82) is 0 Å². The number of likely N-dealkylation sites (tertiary alicyclic amines) is 1. The first kappa shape index (κ1) is 13.8. The Balaban J connectivity index is 1.73. The third-order valence-electron chi connectivity index (χ3n) is 4.27. The number of hydrogen-bond acceptors (Lipinski definition) is 3. The molecule has 0 aromatic carbocycles. The number of carbonyl (C=O) groups excluding carboxylic acids is 1. The van der Waals surface area contributed by atoms with Crippen molar-refractivity contribution in [3.8, 4) is 0 Å². The molecule has 2 atom stereocenters. The molecule has 2 aliphatic rings. The van der Waals surface area contributed by atoms with E-state index in [0.29, 0.717) is 12.5 Å². The molecular weight excluding hydrogens is 228 g/mol. The topological polar surface area (TPSA) is 55.6 Å². The summed E-state index contributed by atoms with van der Waals surface area (Å²) in [6.07, 6.45) is 8.41. The molecule has 2 unspecified atom stereocenters. The van der Waals surface area contributed by atoms with Crippen molar-refractivity contribution in [2.45, 2.75) is 51.0 Å². The average molecular weight is 254 g/mol. The lowest BCUT2D eigenvalue weighted by Crippen LogP contribution is -2.40. The van der Waals surface area contributed by atoms with E-state index < -0.39 is 0 Å². The third kappa shape index (κ3) is 3.69. The minimum Gasteiger partial charge on any atom is -0.368 e. The maximum absolute atomic E-state index is 12.0. The fourth-order valence-corrected chi connectivity index (χ4v) is 3.08. The van der Waals surface area contributed by atoms with Gasteiger partial charge in [0.25, 0.3) is 0 Å². The Labute approximate surface area is 110 Å². The van der Waals surface area contributed by atoms with Gasteiger partial charge in [-0.2, -0.15) is 0 Å². The summed E-state index contributed by atoms with van der Waals surface area (Å²) in [4.78, 5) is 14.0. The predicted molar refractivity (Wildman–Crippen MR) is 71.2 cm³/mol. The van der Waals surface area contributed by atoms with Crippen LogP contribution < -0.4 is 5.73 Å². The number of piperidine rings is 1. The van der Waals surface area contributed by atoms with E-state index in [1.165, 1.54) is 19.3 Å². The Hall–Kier alpha value is -0.610. The lowest BCUT2D eigenvalue weighted by Gasteiger charge is -2.32. The second-order valence-corrected chi connectivity index (χ2v) is 5.57. The van der Waals surface area contributed by atoms with Crippen LogP contribution >= 0.6 is 0 Å². The van der Waals surface area contributed by atoms with Crippen LogP contribution in [0.5, 0.6) is 0 Å². The van der Waals surface area contributed by atoms with Crippen molar-refractivity contribution in [1.82, 2.24) is 4.90 Å². The minimum absolute atomic E-state index is 0.163. The van der Waals surface area contributed by atoms with Crippen LogP contribution in [0.25, 0.3) is 0 Å². The fourth-order valence-electron chi connectivity index (χ4n) is 3.08. The van der Waals surface area contributed by atoms with Crippen LogP contribution in [0.3, 0.4) is 0 Å². The van der Waals surface area contributed by atoms with Crippen LogP contribution in [0, 0.1) is 5.92 Å². The number of amides is 1. The molecular formula is C14H26N2O2. The Bertz CT molecular complexity index is 265. The van der Waals surface area contributed by atoms with Gasteiger partial charge in [0.15, 0.2) is 0 Å². The molecule has 2 rings (SSSR count). The molecule has 2 N–H and O–H groups in total. The molecule has 1 heterocycles. The van der Waals surface area contributed by atoms with Gasteiger partial charge >= 0.3 is 0 Å². The summed E-state index contributed by atoms with van der Waals surface area (Å²) in [7, 11) is 0. The summed E-state index contributed by atoms with van der Waals surface area (Å²) in [6, 6.07) is 0. The third-order valence-corrected chi connectivity index (χ3v) is 4.27. The van der Waals surface area contributed by atoms with Gasteiger partial charge in [-0.25, -0.2) is 0 Å². The number of nitrogens with zero attached hydrogens (tertiary/aromatic N) is 1. The van der Waals surface area contributed by atoms with E-state index in [1.54, 1.807) is 0 Å². The summed E-state index contributed by atoms with van der Waals surface area (Å²) < 4.78 is 5.83. The zero-order chi connectivity index (χ0) is 12.8. The maximum atomic E-state index is 12.0. The van der Waals surface area contributed by atoms with Gasteiger partial charge in [-0.05, 0) is 44.6 Å². The standard InChI is InChI=1S/C14H26N2O2/c15-10-12-6-2-3-7-13(12)18-11-14(17)16-8-4-1-5-9-16/h12-13H,1-11,15H2. The van der Waals surface area contributed by atoms with Crippen molar-refractivity contribution < 1.29 is 9.53 Å². The number of carbonyl (C=O) groups is 1. The zero-order valence-corrected chi connectivity index (χ0v) is 11.3. The summed E-state index contributed by atoms with van der Waals surface area (Å²) >= 11 is 0. The van der Waals surface area contributed by atoms with Crippen molar-refractivity contribution >= 4 is 5.91 Å². The van der Waals surface area contributed by atoms with Crippen LogP contribution in [-0.4, -0.2) is 43.2 Å². The molecule has 4 heteroatoms. The maximum Gasteiger partial charge on any atom is 0.248 e. The lowest BCUT2D eigenvalue weighted by molar-refractivity contribution is -0.141. The second kappa shape index (κ2) is 7.10. The summed E-state index contributed by atoms with van der Waals surface area (Å²) in [5.74, 6) is 0.615. The quantitative estimate of drug-likeness (QED) is 0.828. The Morgan fingerprint density at radius 2 is 1.83 bits per heavy atom. The highest BCUT2D eigenvalue weighted by molar-refractivity contribution is 5.77. The van der Waals surface area contributed by atoms with E-state index >= 15 is 0 Å². The highest BCUT2D eigenvalue weighted by atomic mass is 16.5. The SMILES string of the molecule is NCC1CCCCC1OCC(=O)N1CCCCC1. The van der Waals surface area contributed by atoms with Crippen LogP contribution in [0.15, 0.2) is 0 Å². The van der Waals surface area contributed by atoms with Gasteiger partial charge in [-0.3, -0.25) is 4.79 Å². The Kier molecular flexibility index (Phi) is 5.45. The first-order chi connectivity index (χ1) is 8.81. The van der Waals surface area contributed by atoms with Crippen LogP contribution in [0.1, 0.15) is 44.9 Å². The molecule has 0 aromatic heterocycles. The van der Waals surface area contributed by atoms with E-state index in [0.717, 1.165) is 38.8 Å². The van der Waals surface area contributed by atoms with E-state index in [4.69, 9.17) is 10.5 Å². The number of rotatable bonds is 4. The van der Waals surface area contributed by atoms with Gasteiger partial charge in [0, 0.05) is 13.1 Å². The van der Waals surface area contributed by atoms with Crippen LogP contribution in [0.4, 0.5) is 0 Å². The van der Waals surface area contributed by atoms with Gasteiger partial charge in [0.05, 0.1) is 6.10 Å². The van der Waals surface area contributed by atoms with Gasteiger partial charge in [-0.15, -0.1) is 0 Å². The van der Waals surface area contributed by atoms with Crippen molar-refractivity contribution in [2.24, 2.45) is 11.7 Å². The monoisotopic (exact) mass is 254 g/mol. The number of nitrogens with two attached hydrogens (primary N) is 1. The molecule has 0 radical (unpaired) electrons. The molecule has 1 amide bonds. The largest absolute Gasteiger partial charge is 0.368 e.